The molecule has 2 aromatic carbocycles. The molecule has 1 aliphatic carbocycles. The Morgan fingerprint density at radius 1 is 1.21 bits per heavy atom. The van der Waals surface area contributed by atoms with E-state index < -0.39 is 0 Å². The predicted octanol–water partition coefficient (Wildman–Crippen LogP) is 6.38. The van der Waals surface area contributed by atoms with Crippen LogP contribution < -0.4 is 5.73 Å². The van der Waals surface area contributed by atoms with Crippen LogP contribution in [0.15, 0.2) is 48.4 Å². The maximum Gasteiger partial charge on any atom is 0.0409 e. The first kappa shape index (κ1) is 18.0. The molecule has 0 atom stereocenters. The molecule has 24 heavy (non-hydrogen) atoms. The number of nitrogens with two attached hydrogens (primary N) is 1. The summed E-state index contributed by atoms with van der Waals surface area (Å²) in [6.07, 6.45) is 2.49. The van der Waals surface area contributed by atoms with E-state index in [9.17, 15) is 0 Å². The molecule has 0 radical (unpaired) electrons. The van der Waals surface area contributed by atoms with Gasteiger partial charge < -0.3 is 11.1 Å². The lowest BCUT2D eigenvalue weighted by Crippen LogP contribution is -1.93. The Balaban J connectivity index is 0.000000221. The van der Waals surface area contributed by atoms with Gasteiger partial charge in [-0.05, 0) is 65.1 Å². The van der Waals surface area contributed by atoms with Gasteiger partial charge in [0, 0.05) is 23.6 Å². The summed E-state index contributed by atoms with van der Waals surface area (Å²) < 4.78 is 1.44. The van der Waals surface area contributed by atoms with E-state index in [1.807, 2.05) is 50.3 Å². The van der Waals surface area contributed by atoms with Crippen LogP contribution in [0.4, 0.5) is 5.69 Å². The molecule has 3 heteroatoms. The second kappa shape index (κ2) is 7.93. The zero-order valence-corrected chi connectivity index (χ0v) is 15.3. The van der Waals surface area contributed by atoms with E-state index >= 15 is 0 Å². The van der Waals surface area contributed by atoms with Gasteiger partial charge in [-0.15, -0.1) is 11.3 Å². The highest BCUT2D eigenvalue weighted by Crippen LogP contribution is 2.34. The summed E-state index contributed by atoms with van der Waals surface area (Å²) >= 11 is 1.83. The first-order chi connectivity index (χ1) is 11.6. The number of anilines is 1. The Kier molecular flexibility index (Phi) is 5.93. The normalized spacial score (nSPS) is 10.6. The monoisotopic (exact) mass is 338 g/mol. The summed E-state index contributed by atoms with van der Waals surface area (Å²) in [6.45, 7) is 9.74. The smallest absolute Gasteiger partial charge is 0.0409 e. The number of nitrogen functional groups attached to an aromatic ring is 1. The molecule has 1 aromatic heterocycles. The molecule has 3 N–H and O–H groups in total. The lowest BCUT2D eigenvalue weighted by Gasteiger charge is -2.03. The first-order valence-corrected chi connectivity index (χ1v) is 9.01. The van der Waals surface area contributed by atoms with Crippen LogP contribution in [0, 0.1) is 5.41 Å². The minimum Gasteiger partial charge on any atom is -0.398 e. The second-order valence-corrected chi connectivity index (χ2v) is 6.47. The van der Waals surface area contributed by atoms with Gasteiger partial charge in [-0.1, -0.05) is 38.1 Å². The Hall–Kier alpha value is -2.39. The Bertz CT molecular complexity index is 845. The fraction of sp³-hybridized carbons (Fsp3) is 0.190. The maximum atomic E-state index is 7.03. The van der Waals surface area contributed by atoms with Crippen LogP contribution in [-0.2, 0) is 6.42 Å². The van der Waals surface area contributed by atoms with Crippen LogP contribution >= 0.6 is 11.3 Å². The Labute approximate surface area is 149 Å². The van der Waals surface area contributed by atoms with E-state index in [2.05, 4.69) is 30.2 Å². The van der Waals surface area contributed by atoms with Gasteiger partial charge in [-0.3, -0.25) is 0 Å². The van der Waals surface area contributed by atoms with Gasteiger partial charge in [-0.25, -0.2) is 0 Å². The molecular formula is C21H26N2S. The van der Waals surface area contributed by atoms with E-state index in [1.54, 1.807) is 11.1 Å². The maximum absolute atomic E-state index is 7.03. The first-order valence-electron chi connectivity index (χ1n) is 8.13. The van der Waals surface area contributed by atoms with Crippen molar-refractivity contribution in [3.05, 3.63) is 70.6 Å². The number of allylic oxidation sites excluding steroid dienone is 1. The fourth-order valence-electron chi connectivity index (χ4n) is 2.33. The van der Waals surface area contributed by atoms with Crippen molar-refractivity contribution in [2.45, 2.75) is 27.2 Å². The molecule has 0 saturated heterocycles. The van der Waals surface area contributed by atoms with Crippen LogP contribution in [0.5, 0.6) is 0 Å². The molecule has 3 aromatic rings. The number of benzene rings is 2. The SMILES string of the molecule is C=C(C)c1ccc(C=N)c(N)c1.CC.[HH].c1cc2cc3c(cc2s1)C3. The number of hydrogen-bond acceptors (Lipinski definition) is 3. The van der Waals surface area contributed by atoms with E-state index in [4.69, 9.17) is 11.1 Å². The number of rotatable bonds is 2. The van der Waals surface area contributed by atoms with E-state index in [0.717, 1.165) is 16.7 Å². The van der Waals surface area contributed by atoms with Crippen LogP contribution in [0.2, 0.25) is 0 Å². The molecule has 1 heterocycles. The van der Waals surface area contributed by atoms with Gasteiger partial charge in [0.05, 0.1) is 0 Å². The zero-order chi connectivity index (χ0) is 17.7. The molecule has 0 aliphatic heterocycles. The molecule has 0 fully saturated rings. The highest BCUT2D eigenvalue weighted by atomic mass is 32.1. The van der Waals surface area contributed by atoms with Gasteiger partial charge in [0.1, 0.15) is 0 Å². The van der Waals surface area contributed by atoms with Crippen molar-refractivity contribution < 1.29 is 1.43 Å². The number of nitrogens with one attached hydrogen (secondary N) is 1. The number of hydrogen-bond donors (Lipinski definition) is 2. The van der Waals surface area contributed by atoms with Crippen LogP contribution in [0.3, 0.4) is 0 Å². The molecule has 0 saturated carbocycles. The Morgan fingerprint density at radius 3 is 2.54 bits per heavy atom. The number of thiophene rings is 1. The highest BCUT2D eigenvalue weighted by molar-refractivity contribution is 7.17. The van der Waals surface area contributed by atoms with Crippen molar-refractivity contribution in [2.24, 2.45) is 0 Å². The lowest BCUT2D eigenvalue weighted by atomic mass is 10.1. The fourth-order valence-corrected chi connectivity index (χ4v) is 3.17. The van der Waals surface area contributed by atoms with Gasteiger partial charge in [0.15, 0.2) is 0 Å². The summed E-state index contributed by atoms with van der Waals surface area (Å²) in [5, 5.41) is 10.6. The summed E-state index contributed by atoms with van der Waals surface area (Å²) in [4.78, 5) is 0. The molecule has 126 valence electrons. The largest absolute Gasteiger partial charge is 0.398 e. The topological polar surface area (TPSA) is 49.9 Å². The molecule has 0 bridgehead atoms. The molecule has 4 rings (SSSR count). The summed E-state index contributed by atoms with van der Waals surface area (Å²) in [5.41, 5.74) is 12.2. The van der Waals surface area contributed by atoms with Crippen molar-refractivity contribution >= 4 is 38.9 Å². The predicted molar refractivity (Wildman–Crippen MR) is 112 cm³/mol. The summed E-state index contributed by atoms with van der Waals surface area (Å²) in [7, 11) is 0. The van der Waals surface area contributed by atoms with E-state index in [0.29, 0.717) is 5.69 Å². The van der Waals surface area contributed by atoms with Gasteiger partial charge >= 0.3 is 0 Å². The van der Waals surface area contributed by atoms with Crippen molar-refractivity contribution in [3.63, 3.8) is 0 Å². The molecule has 1 aliphatic rings. The molecule has 2 nitrogen and oxygen atoms in total. The summed E-state index contributed by atoms with van der Waals surface area (Å²) in [5.74, 6) is 0. The van der Waals surface area contributed by atoms with Crippen LogP contribution in [0.1, 0.15) is 44.5 Å². The second-order valence-electron chi connectivity index (χ2n) is 5.52. The quantitative estimate of drug-likeness (QED) is 0.323. The van der Waals surface area contributed by atoms with Crippen molar-refractivity contribution in [3.8, 4) is 0 Å². The summed E-state index contributed by atoms with van der Waals surface area (Å²) in [6, 6.07) is 12.4. The zero-order valence-electron chi connectivity index (χ0n) is 14.5. The minimum atomic E-state index is 0. The number of fused-ring (bicyclic) bond motifs is 2. The highest BCUT2D eigenvalue weighted by Gasteiger charge is 2.16. The Morgan fingerprint density at radius 2 is 1.92 bits per heavy atom. The van der Waals surface area contributed by atoms with E-state index in [1.165, 1.54) is 22.7 Å². The average molecular weight is 339 g/mol. The minimum absolute atomic E-state index is 0. The van der Waals surface area contributed by atoms with Gasteiger partial charge in [0.2, 0.25) is 0 Å². The van der Waals surface area contributed by atoms with Crippen molar-refractivity contribution in [1.29, 1.82) is 5.41 Å². The standard InChI is InChI=1S/C10H12N2.C9H6S.C2H6.H2/c1-7(2)8-3-4-9(6-11)10(12)5-8;1-2-10-9-5-8-4-7(8)3-6(1)9;1-2;/h3-6,11H,1,12H2,2H3;1-3,5H,4H2;1-2H3;1H. The van der Waals surface area contributed by atoms with Crippen LogP contribution in [0.25, 0.3) is 15.7 Å². The lowest BCUT2D eigenvalue weighted by molar-refractivity contribution is 1.50. The van der Waals surface area contributed by atoms with Gasteiger partial charge in [-0.2, -0.15) is 0 Å². The van der Waals surface area contributed by atoms with Gasteiger partial charge in [0.25, 0.3) is 0 Å². The van der Waals surface area contributed by atoms with Crippen molar-refractivity contribution in [2.75, 3.05) is 5.73 Å². The van der Waals surface area contributed by atoms with Crippen molar-refractivity contribution in [1.82, 2.24) is 0 Å². The molecule has 0 unspecified atom stereocenters. The molecule has 0 amide bonds. The third-order valence-electron chi connectivity index (χ3n) is 3.77. The average Bonchev–Trinajstić information content (AvgIpc) is 3.20. The molecule has 0 spiro atoms. The van der Waals surface area contributed by atoms with E-state index in [-0.39, 0.29) is 1.43 Å². The third kappa shape index (κ3) is 4.12. The molecular weight excluding hydrogens is 312 g/mol. The third-order valence-corrected chi connectivity index (χ3v) is 4.65. The van der Waals surface area contributed by atoms with Crippen LogP contribution in [-0.4, -0.2) is 6.21 Å².